The number of para-hydroxylation sites is 1. The number of methoxy groups -OCH3 is 1. The fourth-order valence-electron chi connectivity index (χ4n) is 4.77. The molecule has 0 aliphatic heterocycles. The van der Waals surface area contributed by atoms with Gasteiger partial charge in [-0.1, -0.05) is 41.1 Å². The van der Waals surface area contributed by atoms with E-state index in [1.54, 1.807) is 18.0 Å². The third-order valence-corrected chi connectivity index (χ3v) is 8.13. The summed E-state index contributed by atoms with van der Waals surface area (Å²) in [4.78, 5) is 4.67. The highest BCUT2D eigenvalue weighted by Crippen LogP contribution is 2.28. The monoisotopic (exact) mass is 658 g/mol. The molecule has 0 radical (unpaired) electrons. The smallest absolute Gasteiger partial charge is 0.203 e. The van der Waals surface area contributed by atoms with Crippen molar-refractivity contribution in [1.29, 1.82) is 0 Å². The van der Waals surface area contributed by atoms with Crippen LogP contribution in [0.4, 0.5) is 5.13 Å². The minimum Gasteiger partial charge on any atom is -0.497 e. The van der Waals surface area contributed by atoms with Gasteiger partial charge in [0.05, 0.1) is 36.6 Å². The van der Waals surface area contributed by atoms with Crippen LogP contribution in [-0.4, -0.2) is 43.1 Å². The normalized spacial score (nSPS) is 11.2. The minimum absolute atomic E-state index is 0.267. The molecule has 0 atom stereocenters. The number of halogens is 1. The summed E-state index contributed by atoms with van der Waals surface area (Å²) in [5.74, 6) is 1.50. The molecule has 0 saturated heterocycles. The van der Waals surface area contributed by atoms with Crippen LogP contribution in [0.25, 0.3) is 33.9 Å². The highest BCUT2D eigenvalue weighted by molar-refractivity contribution is 7.14. The molecule has 0 saturated carbocycles. The molecule has 0 fully saturated rings. The number of nitrogens with zero attached hydrogens (tertiary/aromatic N) is 7. The van der Waals surface area contributed by atoms with E-state index in [4.69, 9.17) is 26.2 Å². The van der Waals surface area contributed by atoms with E-state index >= 15 is 0 Å². The van der Waals surface area contributed by atoms with E-state index in [9.17, 15) is 0 Å². The predicted octanol–water partition coefficient (Wildman–Crippen LogP) is 7.93. The molecule has 0 bridgehead atoms. The van der Waals surface area contributed by atoms with E-state index in [2.05, 4.69) is 25.8 Å². The molecule has 47 heavy (non-hydrogen) atoms. The summed E-state index contributed by atoms with van der Waals surface area (Å²) in [5.41, 5.74) is 9.91. The van der Waals surface area contributed by atoms with Gasteiger partial charge in [-0.25, -0.2) is 14.3 Å². The van der Waals surface area contributed by atoms with Crippen molar-refractivity contribution in [2.75, 3.05) is 12.5 Å². The van der Waals surface area contributed by atoms with E-state index in [1.807, 2.05) is 126 Å². The Morgan fingerprint density at radius 1 is 0.851 bits per heavy atom. The Morgan fingerprint density at radius 2 is 1.62 bits per heavy atom. The summed E-state index contributed by atoms with van der Waals surface area (Å²) in [6, 6.07) is 32.9. The fourth-order valence-corrected chi connectivity index (χ4v) is 5.62. The van der Waals surface area contributed by atoms with Crippen molar-refractivity contribution in [2.24, 2.45) is 5.10 Å². The van der Waals surface area contributed by atoms with Crippen molar-refractivity contribution in [1.82, 2.24) is 29.8 Å². The Kier molecular flexibility index (Phi) is 8.71. The number of benzene rings is 4. The Morgan fingerprint density at radius 3 is 2.40 bits per heavy atom. The van der Waals surface area contributed by atoms with Crippen molar-refractivity contribution < 1.29 is 9.47 Å². The summed E-state index contributed by atoms with van der Waals surface area (Å²) in [7, 11) is 1.65. The summed E-state index contributed by atoms with van der Waals surface area (Å²) in [6.45, 7) is 0.267. The molecule has 232 valence electrons. The maximum absolute atomic E-state index is 6.11. The molecule has 0 aliphatic rings. The zero-order chi connectivity index (χ0) is 32.0. The highest BCUT2D eigenvalue weighted by atomic mass is 35.5. The van der Waals surface area contributed by atoms with Crippen molar-refractivity contribution in [2.45, 2.75) is 6.61 Å². The number of nitrogens with one attached hydrogen (secondary N) is 1. The first-order valence-corrected chi connectivity index (χ1v) is 15.8. The summed E-state index contributed by atoms with van der Waals surface area (Å²) in [6.07, 6.45) is 5.53. The summed E-state index contributed by atoms with van der Waals surface area (Å²) >= 11 is 7.59. The molecule has 0 amide bonds. The molecule has 7 aromatic rings. The van der Waals surface area contributed by atoms with Gasteiger partial charge in [0.25, 0.3) is 0 Å². The Balaban J connectivity index is 1.06. The van der Waals surface area contributed by atoms with E-state index in [-0.39, 0.29) is 6.61 Å². The van der Waals surface area contributed by atoms with Crippen LogP contribution in [0.3, 0.4) is 0 Å². The fraction of sp³-hybridized carbons (Fsp3) is 0.0571. The average molecular weight is 659 g/mol. The second kappa shape index (κ2) is 13.7. The van der Waals surface area contributed by atoms with Crippen molar-refractivity contribution in [3.63, 3.8) is 0 Å². The molecular formula is C35H27ClN8O2S. The SMILES string of the molecule is COc1ccc(-c2csc(NN=Cc3cn(-c4ccccc4)nc3-c3ccc(OCc4cn(-c5cccc(Cl)c5)nn4)cc3)n2)cc1. The minimum atomic E-state index is 0.267. The lowest BCUT2D eigenvalue weighted by atomic mass is 10.1. The first-order valence-electron chi connectivity index (χ1n) is 14.6. The van der Waals surface area contributed by atoms with Gasteiger partial charge in [-0.2, -0.15) is 10.2 Å². The molecule has 3 aromatic heterocycles. The Labute approximate surface area is 279 Å². The van der Waals surface area contributed by atoms with Crippen LogP contribution < -0.4 is 14.9 Å². The van der Waals surface area contributed by atoms with Crippen LogP contribution in [0.15, 0.2) is 126 Å². The topological polar surface area (TPSA) is 104 Å². The molecule has 0 unspecified atom stereocenters. The van der Waals surface area contributed by atoms with Crippen LogP contribution in [-0.2, 0) is 6.61 Å². The number of aromatic nitrogens is 6. The first kappa shape index (κ1) is 29.9. The standard InChI is InChI=1S/C35H27ClN8O2S/c1-45-31-14-10-24(11-15-31)33-23-47-35(38-33)40-37-19-26-20-43(29-7-3-2-4-8-29)41-34(26)25-12-16-32(17-13-25)46-22-28-21-44(42-39-28)30-9-5-6-27(36)18-30/h2-21,23H,22H2,1H3,(H,38,40). The van der Waals surface area contributed by atoms with Crippen molar-refractivity contribution >= 4 is 34.3 Å². The lowest BCUT2D eigenvalue weighted by Crippen LogP contribution is -1.96. The van der Waals surface area contributed by atoms with Crippen LogP contribution >= 0.6 is 22.9 Å². The van der Waals surface area contributed by atoms with Gasteiger partial charge in [0, 0.05) is 33.3 Å². The van der Waals surface area contributed by atoms with Gasteiger partial charge >= 0.3 is 0 Å². The van der Waals surface area contributed by atoms with E-state index < -0.39 is 0 Å². The average Bonchev–Trinajstić information content (AvgIpc) is 3.89. The van der Waals surface area contributed by atoms with Gasteiger partial charge in [0.2, 0.25) is 5.13 Å². The third kappa shape index (κ3) is 7.06. The Bertz CT molecular complexity index is 2120. The number of hydrazone groups is 1. The van der Waals surface area contributed by atoms with E-state index in [0.717, 1.165) is 45.2 Å². The number of thiazole rings is 1. The molecule has 1 N–H and O–H groups in total. The van der Waals surface area contributed by atoms with Gasteiger partial charge in [-0.15, -0.1) is 16.4 Å². The predicted molar refractivity (Wildman–Crippen MR) is 185 cm³/mol. The first-order chi connectivity index (χ1) is 23.1. The lowest BCUT2D eigenvalue weighted by molar-refractivity contribution is 0.301. The largest absolute Gasteiger partial charge is 0.497 e. The maximum atomic E-state index is 6.11. The number of ether oxygens (including phenoxy) is 2. The van der Waals surface area contributed by atoms with Gasteiger partial charge in [0.15, 0.2) is 0 Å². The summed E-state index contributed by atoms with van der Waals surface area (Å²) in [5, 5.41) is 21.1. The van der Waals surface area contributed by atoms with Crippen molar-refractivity contribution in [3.05, 3.63) is 137 Å². The molecule has 0 aliphatic carbocycles. The number of anilines is 1. The van der Waals surface area contributed by atoms with E-state index in [0.29, 0.717) is 21.6 Å². The van der Waals surface area contributed by atoms with Crippen molar-refractivity contribution in [3.8, 4) is 45.4 Å². The number of hydrogen-bond donors (Lipinski definition) is 1. The molecular weight excluding hydrogens is 632 g/mol. The second-order valence-corrected chi connectivity index (χ2v) is 11.6. The highest BCUT2D eigenvalue weighted by Gasteiger charge is 2.13. The molecule has 10 nitrogen and oxygen atoms in total. The van der Waals surface area contributed by atoms with Gasteiger partial charge < -0.3 is 9.47 Å². The maximum Gasteiger partial charge on any atom is 0.203 e. The second-order valence-electron chi connectivity index (χ2n) is 10.3. The van der Waals surface area contributed by atoms with E-state index in [1.165, 1.54) is 11.3 Å². The molecule has 12 heteroatoms. The third-order valence-electron chi connectivity index (χ3n) is 7.15. The van der Waals surface area contributed by atoms with Gasteiger partial charge in [0.1, 0.15) is 29.5 Å². The molecule has 3 heterocycles. The van der Waals surface area contributed by atoms with Crippen LogP contribution in [0.5, 0.6) is 11.5 Å². The van der Waals surface area contributed by atoms with Crippen LogP contribution in [0.2, 0.25) is 5.02 Å². The van der Waals surface area contributed by atoms with Crippen LogP contribution in [0, 0.1) is 0 Å². The lowest BCUT2D eigenvalue weighted by Gasteiger charge is -2.05. The molecule has 4 aromatic carbocycles. The van der Waals surface area contributed by atoms with Gasteiger partial charge in [-0.05, 0) is 78.9 Å². The quantitative estimate of drug-likeness (QED) is 0.111. The van der Waals surface area contributed by atoms with Crippen LogP contribution in [0.1, 0.15) is 11.3 Å². The number of rotatable bonds is 11. The Hall–Kier alpha value is -5.78. The van der Waals surface area contributed by atoms with Gasteiger partial charge in [-0.3, -0.25) is 5.43 Å². The zero-order valence-electron chi connectivity index (χ0n) is 25.1. The number of hydrogen-bond acceptors (Lipinski definition) is 9. The zero-order valence-corrected chi connectivity index (χ0v) is 26.6. The molecule has 0 spiro atoms. The summed E-state index contributed by atoms with van der Waals surface area (Å²) < 4.78 is 14.8. The molecule has 7 rings (SSSR count).